The fourth-order valence-electron chi connectivity index (χ4n) is 1.68. The summed E-state index contributed by atoms with van der Waals surface area (Å²) in [6.07, 6.45) is 0.817. The van der Waals surface area contributed by atoms with Gasteiger partial charge in [-0.2, -0.15) is 5.11 Å². The van der Waals surface area contributed by atoms with Gasteiger partial charge in [0.15, 0.2) is 5.82 Å². The van der Waals surface area contributed by atoms with E-state index in [-0.39, 0.29) is 17.1 Å². The number of hydrogen-bond acceptors (Lipinski definition) is 3. The molecule has 0 bridgehead atoms. The Labute approximate surface area is 137 Å². The molecule has 0 saturated heterocycles. The average Bonchev–Trinajstić information content (AvgIpc) is 2.47. The Kier molecular flexibility index (Phi) is 7.59. The minimum atomic E-state index is -0.408. The number of nitrogens with zero attached hydrogens (tertiary/aromatic N) is 3. The Balaban J connectivity index is 2.42. The van der Waals surface area contributed by atoms with Crippen LogP contribution in [0.2, 0.25) is 5.02 Å². The molecule has 0 aliphatic carbocycles. The smallest absolute Gasteiger partial charge is 0.164 e. The van der Waals surface area contributed by atoms with Crippen molar-refractivity contribution in [3.63, 3.8) is 0 Å². The van der Waals surface area contributed by atoms with Crippen molar-refractivity contribution in [1.82, 2.24) is 5.01 Å². The third-order valence-electron chi connectivity index (χ3n) is 3.59. The maximum absolute atomic E-state index is 13.8. The Morgan fingerprint density at radius 2 is 1.95 bits per heavy atom. The molecule has 0 aliphatic heterocycles. The third kappa shape index (κ3) is 6.18. The zero-order valence-electron chi connectivity index (χ0n) is 14.0. The van der Waals surface area contributed by atoms with Crippen molar-refractivity contribution in [1.29, 1.82) is 0 Å². The van der Waals surface area contributed by atoms with Crippen LogP contribution in [0.25, 0.3) is 0 Å². The van der Waals surface area contributed by atoms with Gasteiger partial charge in [-0.05, 0) is 38.3 Å². The van der Waals surface area contributed by atoms with Gasteiger partial charge in [0.25, 0.3) is 0 Å². The Bertz CT molecular complexity index is 493. The molecular weight excluding hydrogens is 303 g/mol. The van der Waals surface area contributed by atoms with Crippen LogP contribution in [0.15, 0.2) is 28.5 Å². The molecule has 0 spiro atoms. The second-order valence-corrected chi connectivity index (χ2v) is 6.41. The third-order valence-corrected chi connectivity index (χ3v) is 3.88. The lowest BCUT2D eigenvalue weighted by Crippen LogP contribution is -2.23. The van der Waals surface area contributed by atoms with Gasteiger partial charge in [-0.15, -0.1) is 0 Å². The Morgan fingerprint density at radius 1 is 1.27 bits per heavy atom. The van der Waals surface area contributed by atoms with Crippen molar-refractivity contribution in [3.8, 4) is 0 Å². The van der Waals surface area contributed by atoms with Crippen LogP contribution < -0.4 is 5.32 Å². The van der Waals surface area contributed by atoms with E-state index in [1.54, 1.807) is 12.1 Å². The zero-order valence-corrected chi connectivity index (χ0v) is 14.7. The predicted molar refractivity (Wildman–Crippen MR) is 90.9 cm³/mol. The molecule has 1 N–H and O–H groups in total. The molecule has 4 nitrogen and oxygen atoms in total. The van der Waals surface area contributed by atoms with Crippen molar-refractivity contribution in [3.05, 3.63) is 29.0 Å². The lowest BCUT2D eigenvalue weighted by Gasteiger charge is -2.19. The van der Waals surface area contributed by atoms with E-state index in [1.165, 1.54) is 6.07 Å². The number of hydrogen-bond donors (Lipinski definition) is 1. The standard InChI is InChI=1S/C16H26ClFN4/c1-11(2)13(4)20-21-22(5)10-9-12(3)19-15-8-6-7-14(17)16(15)18/h6-8,11-13,19H,9-10H2,1-5H3/t12?,13-/m0/s1. The SMILES string of the molecule is CC(CCN(C)N=N[C@@H](C)C(C)C)Nc1cccc(Cl)c1F. The molecule has 0 heterocycles. The first-order valence-corrected chi connectivity index (χ1v) is 8.01. The van der Waals surface area contributed by atoms with E-state index in [4.69, 9.17) is 11.6 Å². The highest BCUT2D eigenvalue weighted by Crippen LogP contribution is 2.22. The van der Waals surface area contributed by atoms with Crippen molar-refractivity contribution < 1.29 is 4.39 Å². The molecule has 124 valence electrons. The minimum Gasteiger partial charge on any atom is -0.380 e. The quantitative estimate of drug-likeness (QED) is 0.538. The fourth-order valence-corrected chi connectivity index (χ4v) is 1.86. The van der Waals surface area contributed by atoms with Crippen LogP contribution in [-0.2, 0) is 0 Å². The number of anilines is 1. The summed E-state index contributed by atoms with van der Waals surface area (Å²) in [6.45, 7) is 9.03. The van der Waals surface area contributed by atoms with E-state index in [1.807, 2.05) is 25.9 Å². The van der Waals surface area contributed by atoms with Crippen LogP contribution in [-0.4, -0.2) is 30.7 Å². The summed E-state index contributed by atoms with van der Waals surface area (Å²) in [4.78, 5) is 0. The summed E-state index contributed by atoms with van der Waals surface area (Å²) in [5.74, 6) is 0.0679. The van der Waals surface area contributed by atoms with Crippen molar-refractivity contribution in [2.45, 2.75) is 46.2 Å². The number of benzene rings is 1. The summed E-state index contributed by atoms with van der Waals surface area (Å²) in [5, 5.41) is 13.5. The summed E-state index contributed by atoms with van der Waals surface area (Å²) < 4.78 is 13.8. The van der Waals surface area contributed by atoms with Gasteiger partial charge in [0, 0.05) is 19.6 Å². The zero-order chi connectivity index (χ0) is 16.7. The largest absolute Gasteiger partial charge is 0.380 e. The summed E-state index contributed by atoms with van der Waals surface area (Å²) in [5.41, 5.74) is 0.428. The van der Waals surface area contributed by atoms with Crippen molar-refractivity contribution >= 4 is 17.3 Å². The summed E-state index contributed by atoms with van der Waals surface area (Å²) >= 11 is 5.77. The molecule has 1 rings (SSSR count). The average molecular weight is 329 g/mol. The molecule has 1 unspecified atom stereocenters. The van der Waals surface area contributed by atoms with E-state index in [0.717, 1.165) is 13.0 Å². The maximum atomic E-state index is 13.8. The van der Waals surface area contributed by atoms with E-state index in [0.29, 0.717) is 11.6 Å². The molecule has 0 amide bonds. The van der Waals surface area contributed by atoms with Crippen LogP contribution >= 0.6 is 11.6 Å². The minimum absolute atomic E-state index is 0.105. The van der Waals surface area contributed by atoms with Crippen LogP contribution in [0, 0.1) is 11.7 Å². The number of nitrogens with one attached hydrogen (secondary N) is 1. The fraction of sp³-hybridized carbons (Fsp3) is 0.625. The second-order valence-electron chi connectivity index (χ2n) is 6.01. The monoisotopic (exact) mass is 328 g/mol. The van der Waals surface area contributed by atoms with Gasteiger partial charge in [0.2, 0.25) is 0 Å². The molecule has 0 aliphatic rings. The highest BCUT2D eigenvalue weighted by Gasteiger charge is 2.10. The van der Waals surface area contributed by atoms with E-state index in [9.17, 15) is 4.39 Å². The second kappa shape index (κ2) is 8.93. The van der Waals surface area contributed by atoms with Gasteiger partial charge in [0.05, 0.1) is 16.8 Å². The van der Waals surface area contributed by atoms with E-state index < -0.39 is 5.82 Å². The van der Waals surface area contributed by atoms with Gasteiger partial charge in [-0.3, -0.25) is 5.01 Å². The topological polar surface area (TPSA) is 40.0 Å². The number of halogens is 2. The predicted octanol–water partition coefficient (Wildman–Crippen LogP) is 5.01. The maximum Gasteiger partial charge on any atom is 0.164 e. The molecule has 1 aromatic carbocycles. The van der Waals surface area contributed by atoms with Crippen molar-refractivity contribution in [2.75, 3.05) is 18.9 Å². The van der Waals surface area contributed by atoms with Crippen molar-refractivity contribution in [2.24, 2.45) is 16.3 Å². The van der Waals surface area contributed by atoms with Crippen LogP contribution in [0.5, 0.6) is 0 Å². The van der Waals surface area contributed by atoms with Crippen LogP contribution in [0.4, 0.5) is 10.1 Å². The molecule has 2 atom stereocenters. The molecule has 0 radical (unpaired) electrons. The number of rotatable bonds is 8. The molecular formula is C16H26ClFN4. The Morgan fingerprint density at radius 3 is 2.59 bits per heavy atom. The molecule has 6 heteroatoms. The summed E-state index contributed by atoms with van der Waals surface area (Å²) in [6, 6.07) is 5.27. The lowest BCUT2D eigenvalue weighted by atomic mass is 10.1. The highest BCUT2D eigenvalue weighted by atomic mass is 35.5. The van der Waals surface area contributed by atoms with Gasteiger partial charge >= 0.3 is 0 Å². The first-order valence-electron chi connectivity index (χ1n) is 7.63. The van der Waals surface area contributed by atoms with Crippen LogP contribution in [0.1, 0.15) is 34.1 Å². The molecule has 0 fully saturated rings. The highest BCUT2D eigenvalue weighted by molar-refractivity contribution is 6.31. The Hall–Kier alpha value is -1.36. The van der Waals surface area contributed by atoms with E-state index in [2.05, 4.69) is 29.5 Å². The van der Waals surface area contributed by atoms with Gasteiger partial charge in [0.1, 0.15) is 0 Å². The molecule has 22 heavy (non-hydrogen) atoms. The van der Waals surface area contributed by atoms with Crippen LogP contribution in [0.3, 0.4) is 0 Å². The van der Waals surface area contributed by atoms with Gasteiger partial charge in [-0.25, -0.2) is 4.39 Å². The molecule has 1 aromatic rings. The molecule has 0 saturated carbocycles. The summed E-state index contributed by atoms with van der Waals surface area (Å²) in [7, 11) is 1.89. The van der Waals surface area contributed by atoms with Gasteiger partial charge < -0.3 is 5.32 Å². The van der Waals surface area contributed by atoms with E-state index >= 15 is 0 Å². The lowest BCUT2D eigenvalue weighted by molar-refractivity contribution is 0.302. The van der Waals surface area contributed by atoms with Gasteiger partial charge in [-0.1, -0.05) is 36.7 Å². The molecule has 0 aromatic heterocycles. The first-order chi connectivity index (χ1) is 10.3. The normalized spacial score (nSPS) is 14.4. The first kappa shape index (κ1) is 18.7.